The van der Waals surface area contributed by atoms with Crippen molar-refractivity contribution >= 4 is 45.2 Å². The molecule has 0 fully saturated rings. The number of benzene rings is 2. The highest BCUT2D eigenvalue weighted by molar-refractivity contribution is 8.15. The summed E-state index contributed by atoms with van der Waals surface area (Å²) < 4.78 is 28.9. The maximum Gasteiger partial charge on any atom is 0.335 e. The number of carbonyl (C=O) groups excluding carboxylic acids is 1. The molecule has 4 rings (SSSR count). The molecule has 1 amide bonds. The summed E-state index contributed by atoms with van der Waals surface area (Å²) in [4.78, 5) is 19.3. The number of amides is 1. The molecule has 0 bridgehead atoms. The number of ether oxygens (including phenoxy) is 2. The van der Waals surface area contributed by atoms with E-state index in [1.807, 2.05) is 43.3 Å². The lowest BCUT2D eigenvalue weighted by Gasteiger charge is -2.15. The first-order chi connectivity index (χ1) is 16.3. The lowest BCUT2D eigenvalue weighted by molar-refractivity contribution is -0.117. The third kappa shape index (κ3) is 6.71. The van der Waals surface area contributed by atoms with Crippen LogP contribution in [0.15, 0.2) is 47.5 Å². The van der Waals surface area contributed by atoms with Crippen molar-refractivity contribution in [1.29, 1.82) is 0 Å². The minimum atomic E-state index is -0.750. The zero-order valence-electron chi connectivity index (χ0n) is 19.2. The van der Waals surface area contributed by atoms with Gasteiger partial charge in [0.05, 0.1) is 23.9 Å². The average Bonchev–Trinajstić information content (AvgIpc) is 3.42. The molecule has 34 heavy (non-hydrogen) atoms. The van der Waals surface area contributed by atoms with Crippen LogP contribution in [-0.4, -0.2) is 42.3 Å². The first-order valence-corrected chi connectivity index (χ1v) is 12.4. The van der Waals surface area contributed by atoms with Gasteiger partial charge in [-0.25, -0.2) is 0 Å². The standard InChI is InChI=1S/C24H27N3O3S.O2S/c1-4-15(3)29-21-11-18(30-17-7-5-14(2)6-8-17)9-16-10-20(27-23(16)21)24-26-13-19(31-24)12-22(25)28;1-3-2/h5-11,15,19,27H,4,12-13H2,1-3H3,(H2,25,28);. The second kappa shape index (κ2) is 11.8. The van der Waals surface area contributed by atoms with Crippen LogP contribution in [0.3, 0.4) is 0 Å². The molecule has 1 aliphatic heterocycles. The summed E-state index contributed by atoms with van der Waals surface area (Å²) >= 11 is 0.836. The van der Waals surface area contributed by atoms with E-state index >= 15 is 0 Å². The van der Waals surface area contributed by atoms with Crippen LogP contribution in [0, 0.1) is 6.92 Å². The Morgan fingerprint density at radius 1 is 1.24 bits per heavy atom. The molecule has 1 aliphatic rings. The number of nitrogens with two attached hydrogens (primary N) is 1. The zero-order valence-corrected chi connectivity index (χ0v) is 20.8. The van der Waals surface area contributed by atoms with Crippen LogP contribution in [-0.2, 0) is 16.4 Å². The monoisotopic (exact) mass is 501 g/mol. The van der Waals surface area contributed by atoms with Crippen molar-refractivity contribution in [2.45, 2.75) is 45.0 Å². The van der Waals surface area contributed by atoms with Gasteiger partial charge in [0.25, 0.3) is 0 Å². The van der Waals surface area contributed by atoms with Crippen LogP contribution < -0.4 is 15.2 Å². The number of thioether (sulfide) groups is 1. The molecule has 0 spiro atoms. The summed E-state index contributed by atoms with van der Waals surface area (Å²) in [6.07, 6.45) is 1.30. The second-order valence-electron chi connectivity index (χ2n) is 7.94. The Morgan fingerprint density at radius 3 is 2.59 bits per heavy atom. The number of primary amides is 1. The van der Waals surface area contributed by atoms with E-state index in [9.17, 15) is 4.79 Å². The van der Waals surface area contributed by atoms with Crippen molar-refractivity contribution in [2.24, 2.45) is 10.7 Å². The Kier molecular flexibility index (Phi) is 8.89. The van der Waals surface area contributed by atoms with Gasteiger partial charge in [-0.3, -0.25) is 9.79 Å². The van der Waals surface area contributed by atoms with E-state index in [0.717, 1.165) is 39.6 Å². The van der Waals surface area contributed by atoms with Gasteiger partial charge in [-0.1, -0.05) is 36.4 Å². The van der Waals surface area contributed by atoms with Crippen LogP contribution in [0.5, 0.6) is 17.2 Å². The predicted molar refractivity (Wildman–Crippen MR) is 135 cm³/mol. The number of nitrogens with zero attached hydrogens (tertiary/aromatic N) is 1. The predicted octanol–water partition coefficient (Wildman–Crippen LogP) is 4.51. The highest BCUT2D eigenvalue weighted by Crippen LogP contribution is 2.36. The van der Waals surface area contributed by atoms with E-state index in [-0.39, 0.29) is 17.3 Å². The second-order valence-corrected chi connectivity index (χ2v) is 9.37. The summed E-state index contributed by atoms with van der Waals surface area (Å²) in [7, 11) is 0. The van der Waals surface area contributed by atoms with E-state index in [1.165, 1.54) is 5.56 Å². The molecule has 3 N–H and O–H groups in total. The number of hydrogen-bond donors (Lipinski definition) is 2. The van der Waals surface area contributed by atoms with Gasteiger partial charge in [0, 0.05) is 23.1 Å². The molecule has 10 heteroatoms. The van der Waals surface area contributed by atoms with Crippen molar-refractivity contribution in [1.82, 2.24) is 4.98 Å². The smallest absolute Gasteiger partial charge is 0.335 e. The molecule has 2 aromatic carbocycles. The van der Waals surface area contributed by atoms with Crippen molar-refractivity contribution in [2.75, 3.05) is 6.54 Å². The first-order valence-electron chi connectivity index (χ1n) is 10.8. The normalized spacial score (nSPS) is 15.7. The van der Waals surface area contributed by atoms with Gasteiger partial charge < -0.3 is 20.2 Å². The Labute approximate surface area is 205 Å². The molecule has 180 valence electrons. The SMILES string of the molecule is CCC(C)Oc1cc(Oc2ccc(C)cc2)cc2cc(C3=NCC(CC(N)=O)S3)[nH]c12.O=S=O. The van der Waals surface area contributed by atoms with Crippen LogP contribution in [0.1, 0.15) is 37.9 Å². The van der Waals surface area contributed by atoms with E-state index in [0.29, 0.717) is 18.7 Å². The van der Waals surface area contributed by atoms with Crippen molar-refractivity contribution < 1.29 is 22.7 Å². The molecule has 2 unspecified atom stereocenters. The molecule has 2 atom stereocenters. The topological polar surface area (TPSA) is 124 Å². The van der Waals surface area contributed by atoms with E-state index < -0.39 is 11.6 Å². The molecule has 1 aromatic heterocycles. The van der Waals surface area contributed by atoms with E-state index in [4.69, 9.17) is 23.6 Å². The summed E-state index contributed by atoms with van der Waals surface area (Å²) in [5.74, 6) is 1.94. The number of H-pyrrole nitrogens is 1. The van der Waals surface area contributed by atoms with E-state index in [2.05, 4.69) is 29.9 Å². The highest BCUT2D eigenvalue weighted by Gasteiger charge is 2.24. The Balaban J connectivity index is 0.00000103. The maximum absolute atomic E-state index is 11.2. The maximum atomic E-state index is 11.2. The molecule has 0 saturated carbocycles. The fourth-order valence-electron chi connectivity index (χ4n) is 3.39. The third-order valence-corrected chi connectivity index (χ3v) is 6.42. The van der Waals surface area contributed by atoms with Crippen molar-refractivity contribution in [3.63, 3.8) is 0 Å². The van der Waals surface area contributed by atoms with Gasteiger partial charge >= 0.3 is 11.6 Å². The number of rotatable bonds is 8. The van der Waals surface area contributed by atoms with Gasteiger partial charge in [0.15, 0.2) is 0 Å². The molecule has 8 nitrogen and oxygen atoms in total. The van der Waals surface area contributed by atoms with Gasteiger partial charge in [-0.15, -0.1) is 0 Å². The number of fused-ring (bicyclic) bond motifs is 1. The quantitative estimate of drug-likeness (QED) is 0.468. The van der Waals surface area contributed by atoms with Gasteiger partial charge in [0.1, 0.15) is 22.3 Å². The minimum absolute atomic E-state index is 0.0720. The van der Waals surface area contributed by atoms with Crippen LogP contribution >= 0.6 is 11.8 Å². The van der Waals surface area contributed by atoms with Gasteiger partial charge in [-0.05, 0) is 44.5 Å². The fraction of sp³-hybridized carbons (Fsp3) is 0.333. The molecular weight excluding hydrogens is 474 g/mol. The van der Waals surface area contributed by atoms with Crippen LogP contribution in [0.25, 0.3) is 10.9 Å². The number of aromatic nitrogens is 1. The number of aryl methyl sites for hydroxylation is 1. The summed E-state index contributed by atoms with van der Waals surface area (Å²) in [6, 6.07) is 13.9. The summed E-state index contributed by atoms with van der Waals surface area (Å²) in [6.45, 7) is 6.79. The number of nitrogens with one attached hydrogen (secondary N) is 1. The number of aromatic amines is 1. The van der Waals surface area contributed by atoms with Crippen molar-refractivity contribution in [3.8, 4) is 17.2 Å². The summed E-state index contributed by atoms with van der Waals surface area (Å²) in [5, 5.41) is 1.97. The number of aliphatic imine (C=N–C) groups is 1. The van der Waals surface area contributed by atoms with Crippen molar-refractivity contribution in [3.05, 3.63) is 53.7 Å². The largest absolute Gasteiger partial charge is 0.488 e. The molecule has 3 aromatic rings. The van der Waals surface area contributed by atoms with Gasteiger partial charge in [0.2, 0.25) is 5.91 Å². The number of carbonyl (C=O) groups is 1. The van der Waals surface area contributed by atoms with Gasteiger partial charge in [-0.2, -0.15) is 8.42 Å². The lowest BCUT2D eigenvalue weighted by atomic mass is 10.2. The fourth-order valence-corrected chi connectivity index (χ4v) is 4.49. The zero-order chi connectivity index (χ0) is 24.7. The highest BCUT2D eigenvalue weighted by atomic mass is 32.2. The summed E-state index contributed by atoms with van der Waals surface area (Å²) in [5.41, 5.74) is 8.35. The molecule has 2 heterocycles. The number of hydrogen-bond acceptors (Lipinski definition) is 7. The molecular formula is C24H27N3O5S2. The third-order valence-electron chi connectivity index (χ3n) is 5.20. The minimum Gasteiger partial charge on any atom is -0.488 e. The van der Waals surface area contributed by atoms with Crippen LogP contribution in [0.2, 0.25) is 0 Å². The van der Waals surface area contributed by atoms with E-state index in [1.54, 1.807) is 11.8 Å². The molecule has 0 aliphatic carbocycles. The Morgan fingerprint density at radius 2 is 1.94 bits per heavy atom. The molecule has 0 radical (unpaired) electrons. The Hall–Kier alpha value is -3.11. The van der Waals surface area contributed by atoms with Crippen LogP contribution in [0.4, 0.5) is 0 Å². The lowest BCUT2D eigenvalue weighted by Crippen LogP contribution is -2.18. The Bertz CT molecular complexity index is 1220. The average molecular weight is 502 g/mol. The molecule has 0 saturated heterocycles. The first kappa shape index (κ1) is 25.5.